The summed E-state index contributed by atoms with van der Waals surface area (Å²) in [7, 11) is 0. The van der Waals surface area contributed by atoms with Crippen molar-refractivity contribution < 1.29 is 4.74 Å². The van der Waals surface area contributed by atoms with Crippen LogP contribution in [0.3, 0.4) is 0 Å². The molecule has 1 N–H and O–H groups in total. The third-order valence-corrected chi connectivity index (χ3v) is 3.62. The van der Waals surface area contributed by atoms with Crippen LogP contribution in [0.4, 0.5) is 0 Å². The highest BCUT2D eigenvalue weighted by atomic mass is 32.1. The van der Waals surface area contributed by atoms with E-state index in [0.29, 0.717) is 17.3 Å². The van der Waals surface area contributed by atoms with Gasteiger partial charge in [-0.3, -0.25) is 5.10 Å². The Balaban J connectivity index is 1.63. The van der Waals surface area contributed by atoms with Crippen molar-refractivity contribution in [3.63, 3.8) is 0 Å². The number of aryl methyl sites for hydroxylation is 1. The molecule has 0 spiro atoms. The van der Waals surface area contributed by atoms with Gasteiger partial charge in [0.05, 0.1) is 6.54 Å². The van der Waals surface area contributed by atoms with Crippen LogP contribution in [0, 0.1) is 11.7 Å². The van der Waals surface area contributed by atoms with E-state index in [4.69, 9.17) is 17.0 Å². The summed E-state index contributed by atoms with van der Waals surface area (Å²) in [6, 6.07) is 8.08. The molecule has 5 heteroatoms. The Morgan fingerprint density at radius 3 is 3.05 bits per heavy atom. The zero-order chi connectivity index (χ0) is 13.2. The standard InChI is InChI=1S/C14H17N3OS/c1-10-3-2-4-12(9-10)18-8-7-17-13(11-5-6-11)15-16-14(17)19/h2-4,9,11H,5-8H2,1H3,(H,16,19). The normalized spacial score (nSPS) is 14.6. The minimum Gasteiger partial charge on any atom is -0.492 e. The molecule has 0 aliphatic heterocycles. The molecule has 0 atom stereocenters. The molecular weight excluding hydrogens is 258 g/mol. The summed E-state index contributed by atoms with van der Waals surface area (Å²) in [5.41, 5.74) is 1.20. The van der Waals surface area contributed by atoms with Gasteiger partial charge in [0.2, 0.25) is 0 Å². The lowest BCUT2D eigenvalue weighted by Crippen LogP contribution is -2.11. The lowest BCUT2D eigenvalue weighted by Gasteiger charge is -2.09. The molecule has 100 valence electrons. The molecule has 3 rings (SSSR count). The quantitative estimate of drug-likeness (QED) is 0.852. The van der Waals surface area contributed by atoms with E-state index in [1.54, 1.807) is 0 Å². The van der Waals surface area contributed by atoms with Crippen LogP contribution >= 0.6 is 12.2 Å². The van der Waals surface area contributed by atoms with Crippen molar-refractivity contribution >= 4 is 12.2 Å². The van der Waals surface area contributed by atoms with E-state index < -0.39 is 0 Å². The Morgan fingerprint density at radius 2 is 2.32 bits per heavy atom. The summed E-state index contributed by atoms with van der Waals surface area (Å²) in [6.07, 6.45) is 2.44. The number of nitrogens with one attached hydrogen (secondary N) is 1. The van der Waals surface area contributed by atoms with Gasteiger partial charge in [-0.1, -0.05) is 12.1 Å². The number of H-pyrrole nitrogens is 1. The van der Waals surface area contributed by atoms with Gasteiger partial charge in [0, 0.05) is 5.92 Å². The maximum atomic E-state index is 5.76. The summed E-state index contributed by atoms with van der Waals surface area (Å²) in [5.74, 6) is 2.58. The third-order valence-electron chi connectivity index (χ3n) is 3.30. The number of hydrogen-bond acceptors (Lipinski definition) is 3. The van der Waals surface area contributed by atoms with Crippen molar-refractivity contribution in [1.29, 1.82) is 0 Å². The van der Waals surface area contributed by atoms with Crippen LogP contribution in [0.5, 0.6) is 5.75 Å². The van der Waals surface area contributed by atoms with Gasteiger partial charge >= 0.3 is 0 Å². The largest absolute Gasteiger partial charge is 0.492 e. The smallest absolute Gasteiger partial charge is 0.195 e. The van der Waals surface area contributed by atoms with Gasteiger partial charge < -0.3 is 9.30 Å². The molecule has 1 saturated carbocycles. The first-order valence-electron chi connectivity index (χ1n) is 6.58. The van der Waals surface area contributed by atoms with Gasteiger partial charge in [0.1, 0.15) is 18.2 Å². The van der Waals surface area contributed by atoms with Gasteiger partial charge in [-0.05, 0) is 49.7 Å². The van der Waals surface area contributed by atoms with Crippen LogP contribution in [-0.4, -0.2) is 21.4 Å². The Bertz CT molecular complexity index is 628. The number of hydrogen-bond donors (Lipinski definition) is 1. The summed E-state index contributed by atoms with van der Waals surface area (Å²) in [4.78, 5) is 0. The maximum absolute atomic E-state index is 5.76. The fourth-order valence-corrected chi connectivity index (χ4v) is 2.39. The summed E-state index contributed by atoms with van der Waals surface area (Å²) < 4.78 is 8.51. The predicted molar refractivity (Wildman–Crippen MR) is 76.1 cm³/mol. The number of benzene rings is 1. The van der Waals surface area contributed by atoms with E-state index in [0.717, 1.165) is 18.1 Å². The number of aromatic nitrogens is 3. The molecule has 0 radical (unpaired) electrons. The minimum atomic E-state index is 0.590. The van der Waals surface area contributed by atoms with Crippen molar-refractivity contribution in [3.8, 4) is 5.75 Å². The lowest BCUT2D eigenvalue weighted by atomic mass is 10.2. The monoisotopic (exact) mass is 275 g/mol. The van der Waals surface area contributed by atoms with E-state index in [9.17, 15) is 0 Å². The van der Waals surface area contributed by atoms with Crippen LogP contribution in [0.2, 0.25) is 0 Å². The SMILES string of the molecule is Cc1cccc(OCCn2c(C3CC3)n[nH]c2=S)c1. The molecule has 1 aromatic carbocycles. The van der Waals surface area contributed by atoms with Crippen molar-refractivity contribution in [2.24, 2.45) is 0 Å². The first-order chi connectivity index (χ1) is 9.24. The molecule has 1 aliphatic rings. The molecule has 0 bridgehead atoms. The molecule has 2 aromatic rings. The van der Waals surface area contributed by atoms with E-state index in [-0.39, 0.29) is 0 Å². The Morgan fingerprint density at radius 1 is 1.47 bits per heavy atom. The zero-order valence-corrected chi connectivity index (χ0v) is 11.7. The van der Waals surface area contributed by atoms with Crippen LogP contribution in [0.15, 0.2) is 24.3 Å². The Labute approximate surface area is 117 Å². The van der Waals surface area contributed by atoms with Crippen molar-refractivity contribution in [2.75, 3.05) is 6.61 Å². The fourth-order valence-electron chi connectivity index (χ4n) is 2.16. The molecule has 1 aromatic heterocycles. The first-order valence-corrected chi connectivity index (χ1v) is 6.99. The molecule has 19 heavy (non-hydrogen) atoms. The van der Waals surface area contributed by atoms with Gasteiger partial charge in [-0.25, -0.2) is 0 Å². The van der Waals surface area contributed by atoms with E-state index >= 15 is 0 Å². The number of aromatic amines is 1. The number of ether oxygens (including phenoxy) is 1. The molecule has 0 saturated heterocycles. The molecular formula is C14H17N3OS. The van der Waals surface area contributed by atoms with Gasteiger partial charge in [0.25, 0.3) is 0 Å². The number of rotatable bonds is 5. The van der Waals surface area contributed by atoms with Gasteiger partial charge in [-0.15, -0.1) is 0 Å². The average Bonchev–Trinajstić information content (AvgIpc) is 3.16. The van der Waals surface area contributed by atoms with Crippen molar-refractivity contribution in [3.05, 3.63) is 40.4 Å². The third kappa shape index (κ3) is 2.87. The predicted octanol–water partition coefficient (Wildman–Crippen LogP) is 3.21. The highest BCUT2D eigenvalue weighted by molar-refractivity contribution is 7.71. The van der Waals surface area contributed by atoms with Crippen molar-refractivity contribution in [2.45, 2.75) is 32.2 Å². The summed E-state index contributed by atoms with van der Waals surface area (Å²) >= 11 is 5.26. The first kappa shape index (κ1) is 12.4. The van der Waals surface area contributed by atoms with E-state index in [2.05, 4.69) is 27.8 Å². The fraction of sp³-hybridized carbons (Fsp3) is 0.429. The molecule has 1 aliphatic carbocycles. The second kappa shape index (κ2) is 5.17. The van der Waals surface area contributed by atoms with Crippen LogP contribution in [0.1, 0.15) is 30.1 Å². The van der Waals surface area contributed by atoms with Gasteiger partial charge in [0.15, 0.2) is 4.77 Å². The highest BCUT2D eigenvalue weighted by Crippen LogP contribution is 2.38. The molecule has 4 nitrogen and oxygen atoms in total. The minimum absolute atomic E-state index is 0.590. The second-order valence-electron chi connectivity index (χ2n) is 4.98. The van der Waals surface area contributed by atoms with E-state index in [1.165, 1.54) is 18.4 Å². The lowest BCUT2D eigenvalue weighted by molar-refractivity contribution is 0.295. The molecule has 0 unspecified atom stereocenters. The van der Waals surface area contributed by atoms with E-state index in [1.807, 2.05) is 18.2 Å². The van der Waals surface area contributed by atoms with Crippen LogP contribution in [0.25, 0.3) is 0 Å². The summed E-state index contributed by atoms with van der Waals surface area (Å²) in [6.45, 7) is 3.41. The number of nitrogens with zero attached hydrogens (tertiary/aromatic N) is 2. The zero-order valence-electron chi connectivity index (χ0n) is 10.9. The van der Waals surface area contributed by atoms with Crippen molar-refractivity contribution in [1.82, 2.24) is 14.8 Å². The Hall–Kier alpha value is -1.62. The summed E-state index contributed by atoms with van der Waals surface area (Å²) in [5, 5.41) is 7.18. The average molecular weight is 275 g/mol. The van der Waals surface area contributed by atoms with Gasteiger partial charge in [-0.2, -0.15) is 5.10 Å². The molecule has 0 amide bonds. The molecule has 1 heterocycles. The second-order valence-corrected chi connectivity index (χ2v) is 5.36. The topological polar surface area (TPSA) is 42.8 Å². The molecule has 1 fully saturated rings. The highest BCUT2D eigenvalue weighted by Gasteiger charge is 2.28. The van der Waals surface area contributed by atoms with Crippen LogP contribution < -0.4 is 4.74 Å². The Kier molecular flexibility index (Phi) is 3.38. The van der Waals surface area contributed by atoms with Crippen LogP contribution in [-0.2, 0) is 6.54 Å². The maximum Gasteiger partial charge on any atom is 0.195 e.